The van der Waals surface area contributed by atoms with Gasteiger partial charge < -0.3 is 10.1 Å². The first kappa shape index (κ1) is 13.9. The molecule has 2 saturated carbocycles. The van der Waals surface area contributed by atoms with Crippen LogP contribution in [0, 0.1) is 17.8 Å². The van der Waals surface area contributed by atoms with Gasteiger partial charge >= 0.3 is 0 Å². The Hall–Kier alpha value is -0.0800. The van der Waals surface area contributed by atoms with Crippen LogP contribution in [0.3, 0.4) is 0 Å². The second-order valence-corrected chi connectivity index (χ2v) is 7.15. The highest BCUT2D eigenvalue weighted by atomic mass is 16.5. The van der Waals surface area contributed by atoms with Gasteiger partial charge in [-0.15, -0.1) is 0 Å². The smallest absolute Gasteiger partial charge is 0.0685 e. The van der Waals surface area contributed by atoms with E-state index in [-0.39, 0.29) is 0 Å². The lowest BCUT2D eigenvalue weighted by Gasteiger charge is -2.50. The standard InChI is InChI=1S/C17H31NO/c1-2-18-13-15-6-3-4-7-16(15)14-8-11-19-17(12-14)9-5-10-17/h14-16,18H,2-13H2,1H3. The van der Waals surface area contributed by atoms with Crippen molar-refractivity contribution in [1.29, 1.82) is 0 Å². The van der Waals surface area contributed by atoms with E-state index in [1.807, 2.05) is 0 Å². The van der Waals surface area contributed by atoms with Gasteiger partial charge in [-0.1, -0.05) is 19.8 Å². The van der Waals surface area contributed by atoms with Crippen LogP contribution in [0.1, 0.15) is 64.7 Å². The van der Waals surface area contributed by atoms with E-state index in [9.17, 15) is 0 Å². The molecule has 2 nitrogen and oxygen atoms in total. The van der Waals surface area contributed by atoms with Crippen LogP contribution in [0.5, 0.6) is 0 Å². The lowest BCUT2D eigenvalue weighted by atomic mass is 9.64. The predicted molar refractivity (Wildman–Crippen MR) is 79.2 cm³/mol. The van der Waals surface area contributed by atoms with Crippen LogP contribution in [0.2, 0.25) is 0 Å². The molecule has 110 valence electrons. The molecule has 1 spiro atoms. The highest BCUT2D eigenvalue weighted by Gasteiger charge is 2.45. The van der Waals surface area contributed by atoms with Gasteiger partial charge in [0.1, 0.15) is 0 Å². The molecule has 0 aromatic heterocycles. The minimum Gasteiger partial charge on any atom is -0.375 e. The zero-order chi connectivity index (χ0) is 13.1. The summed E-state index contributed by atoms with van der Waals surface area (Å²) in [7, 11) is 0. The summed E-state index contributed by atoms with van der Waals surface area (Å²) in [5.41, 5.74) is 0.336. The molecule has 1 heterocycles. The van der Waals surface area contributed by atoms with Gasteiger partial charge in [-0.2, -0.15) is 0 Å². The lowest BCUT2D eigenvalue weighted by molar-refractivity contribution is -0.154. The topological polar surface area (TPSA) is 21.3 Å². The van der Waals surface area contributed by atoms with E-state index in [2.05, 4.69) is 12.2 Å². The molecule has 0 radical (unpaired) electrons. The third kappa shape index (κ3) is 3.00. The van der Waals surface area contributed by atoms with E-state index < -0.39 is 0 Å². The van der Waals surface area contributed by atoms with Crippen molar-refractivity contribution in [3.8, 4) is 0 Å². The van der Waals surface area contributed by atoms with Gasteiger partial charge in [-0.25, -0.2) is 0 Å². The van der Waals surface area contributed by atoms with E-state index in [0.717, 1.165) is 30.9 Å². The van der Waals surface area contributed by atoms with Crippen LogP contribution in [-0.2, 0) is 4.74 Å². The summed E-state index contributed by atoms with van der Waals surface area (Å²) in [6, 6.07) is 0. The fourth-order valence-corrected chi connectivity index (χ4v) is 4.79. The number of hydrogen-bond acceptors (Lipinski definition) is 2. The third-order valence-electron chi connectivity index (χ3n) is 6.03. The summed E-state index contributed by atoms with van der Waals surface area (Å²) < 4.78 is 6.12. The summed E-state index contributed by atoms with van der Waals surface area (Å²) in [4.78, 5) is 0. The monoisotopic (exact) mass is 265 g/mol. The van der Waals surface area contributed by atoms with Crippen LogP contribution >= 0.6 is 0 Å². The molecule has 3 aliphatic rings. The van der Waals surface area contributed by atoms with Gasteiger partial charge in [-0.05, 0) is 75.8 Å². The number of hydrogen-bond donors (Lipinski definition) is 1. The molecule has 3 unspecified atom stereocenters. The average molecular weight is 265 g/mol. The van der Waals surface area contributed by atoms with Crippen LogP contribution in [0.15, 0.2) is 0 Å². The largest absolute Gasteiger partial charge is 0.375 e. The van der Waals surface area contributed by atoms with E-state index in [0.29, 0.717) is 5.60 Å². The Kier molecular flexibility index (Phi) is 4.48. The fourth-order valence-electron chi connectivity index (χ4n) is 4.79. The van der Waals surface area contributed by atoms with E-state index in [1.54, 1.807) is 0 Å². The van der Waals surface area contributed by atoms with Gasteiger partial charge in [0.15, 0.2) is 0 Å². The first-order valence-electron chi connectivity index (χ1n) is 8.68. The van der Waals surface area contributed by atoms with Gasteiger partial charge in [0.2, 0.25) is 0 Å². The summed E-state index contributed by atoms with van der Waals surface area (Å²) in [6.45, 7) is 5.65. The first-order chi connectivity index (χ1) is 9.33. The Morgan fingerprint density at radius 2 is 1.95 bits per heavy atom. The van der Waals surface area contributed by atoms with Crippen molar-refractivity contribution in [3.05, 3.63) is 0 Å². The maximum absolute atomic E-state index is 6.12. The third-order valence-corrected chi connectivity index (χ3v) is 6.03. The molecule has 3 fully saturated rings. The van der Waals surface area contributed by atoms with Crippen LogP contribution < -0.4 is 5.32 Å². The molecule has 3 rings (SSSR count). The number of rotatable bonds is 4. The summed E-state index contributed by atoms with van der Waals surface area (Å²) in [5.74, 6) is 2.88. The summed E-state index contributed by atoms with van der Waals surface area (Å²) in [6.07, 6.45) is 12.7. The van der Waals surface area contributed by atoms with Crippen molar-refractivity contribution in [3.63, 3.8) is 0 Å². The van der Waals surface area contributed by atoms with Crippen LogP contribution in [0.4, 0.5) is 0 Å². The molecule has 2 heteroatoms. The minimum absolute atomic E-state index is 0.336. The maximum atomic E-state index is 6.12. The van der Waals surface area contributed by atoms with Crippen LogP contribution in [-0.4, -0.2) is 25.3 Å². The minimum atomic E-state index is 0.336. The highest BCUT2D eigenvalue weighted by Crippen LogP contribution is 2.49. The van der Waals surface area contributed by atoms with E-state index >= 15 is 0 Å². The lowest BCUT2D eigenvalue weighted by Crippen LogP contribution is -2.48. The Balaban J connectivity index is 1.61. The summed E-state index contributed by atoms with van der Waals surface area (Å²) in [5, 5.41) is 3.60. The Bertz CT molecular complexity index is 287. The molecule has 1 N–H and O–H groups in total. The SMILES string of the molecule is CCNCC1CCCCC1C1CCOC2(CCC2)C1. The van der Waals surface area contributed by atoms with Crippen molar-refractivity contribution in [1.82, 2.24) is 5.32 Å². The van der Waals surface area contributed by atoms with E-state index in [1.165, 1.54) is 64.3 Å². The van der Waals surface area contributed by atoms with E-state index in [4.69, 9.17) is 4.74 Å². The average Bonchev–Trinajstić information content (AvgIpc) is 2.44. The van der Waals surface area contributed by atoms with Gasteiger partial charge in [0.05, 0.1) is 5.60 Å². The molecule has 1 saturated heterocycles. The first-order valence-corrected chi connectivity index (χ1v) is 8.68. The second kappa shape index (κ2) is 6.13. The maximum Gasteiger partial charge on any atom is 0.0685 e. The fraction of sp³-hybridized carbons (Fsp3) is 1.00. The molecular formula is C17H31NO. The van der Waals surface area contributed by atoms with Gasteiger partial charge in [0, 0.05) is 6.61 Å². The van der Waals surface area contributed by atoms with Crippen molar-refractivity contribution in [2.24, 2.45) is 17.8 Å². The summed E-state index contributed by atoms with van der Waals surface area (Å²) >= 11 is 0. The molecule has 2 aliphatic carbocycles. The van der Waals surface area contributed by atoms with Gasteiger partial charge in [0.25, 0.3) is 0 Å². The second-order valence-electron chi connectivity index (χ2n) is 7.15. The quantitative estimate of drug-likeness (QED) is 0.836. The van der Waals surface area contributed by atoms with Gasteiger partial charge in [-0.3, -0.25) is 0 Å². The zero-order valence-corrected chi connectivity index (χ0v) is 12.6. The van der Waals surface area contributed by atoms with Crippen LogP contribution in [0.25, 0.3) is 0 Å². The molecule has 0 bridgehead atoms. The van der Waals surface area contributed by atoms with Crippen molar-refractivity contribution < 1.29 is 4.74 Å². The van der Waals surface area contributed by atoms with Crippen molar-refractivity contribution in [2.45, 2.75) is 70.3 Å². The normalized spacial score (nSPS) is 38.1. The zero-order valence-electron chi connectivity index (χ0n) is 12.6. The molecular weight excluding hydrogens is 234 g/mol. The molecule has 0 amide bonds. The molecule has 0 aromatic carbocycles. The highest BCUT2D eigenvalue weighted by molar-refractivity contribution is 4.96. The number of ether oxygens (including phenoxy) is 1. The molecule has 0 aromatic rings. The predicted octanol–water partition coefficient (Wildman–Crippen LogP) is 3.75. The molecule has 19 heavy (non-hydrogen) atoms. The Labute approximate surface area is 118 Å². The molecule has 3 atom stereocenters. The molecule has 1 aliphatic heterocycles. The Morgan fingerprint density at radius 3 is 2.68 bits per heavy atom. The number of nitrogens with one attached hydrogen (secondary N) is 1. The van der Waals surface area contributed by atoms with Crippen molar-refractivity contribution in [2.75, 3.05) is 19.7 Å². The van der Waals surface area contributed by atoms with Crippen molar-refractivity contribution >= 4 is 0 Å². The Morgan fingerprint density at radius 1 is 1.11 bits per heavy atom.